The molecule has 0 saturated heterocycles. The summed E-state index contributed by atoms with van der Waals surface area (Å²) < 4.78 is 4.82. The highest BCUT2D eigenvalue weighted by Gasteiger charge is 2.18. The molecule has 0 bridgehead atoms. The van der Waals surface area contributed by atoms with E-state index in [1.807, 2.05) is 0 Å². The van der Waals surface area contributed by atoms with E-state index in [2.05, 4.69) is 10.6 Å². The lowest BCUT2D eigenvalue weighted by Gasteiger charge is -2.15. The Labute approximate surface area is 122 Å². The molecule has 0 aliphatic rings. The number of anilines is 1. The summed E-state index contributed by atoms with van der Waals surface area (Å²) in [5, 5.41) is 5.37. The Bertz CT molecular complexity index is 494. The van der Waals surface area contributed by atoms with Crippen LogP contribution in [0.5, 0.6) is 0 Å². The van der Waals surface area contributed by atoms with E-state index < -0.39 is 11.9 Å². The summed E-state index contributed by atoms with van der Waals surface area (Å²) >= 11 is 5.95. The van der Waals surface area contributed by atoms with Crippen LogP contribution >= 0.6 is 11.6 Å². The van der Waals surface area contributed by atoms with Crippen molar-refractivity contribution in [3.05, 3.63) is 28.8 Å². The third-order valence-corrected chi connectivity index (χ3v) is 3.04. The minimum Gasteiger partial charge on any atom is -0.398 e. The summed E-state index contributed by atoms with van der Waals surface area (Å²) in [6.45, 7) is 2.38. The molecule has 2 amide bonds. The van der Waals surface area contributed by atoms with Crippen LogP contribution in [0.2, 0.25) is 5.02 Å². The number of halogens is 1. The zero-order valence-corrected chi connectivity index (χ0v) is 12.2. The second-order valence-electron chi connectivity index (χ2n) is 4.19. The quantitative estimate of drug-likeness (QED) is 0.535. The molecule has 1 atom stereocenters. The van der Waals surface area contributed by atoms with Gasteiger partial charge in [0.25, 0.3) is 5.91 Å². The molecule has 0 heterocycles. The van der Waals surface area contributed by atoms with Crippen LogP contribution in [0.4, 0.5) is 5.69 Å². The van der Waals surface area contributed by atoms with E-state index >= 15 is 0 Å². The molecule has 6 nitrogen and oxygen atoms in total. The first-order valence-corrected chi connectivity index (χ1v) is 6.46. The van der Waals surface area contributed by atoms with Gasteiger partial charge in [0, 0.05) is 13.7 Å². The molecule has 0 spiro atoms. The van der Waals surface area contributed by atoms with Crippen LogP contribution in [0.25, 0.3) is 0 Å². The van der Waals surface area contributed by atoms with Crippen molar-refractivity contribution < 1.29 is 14.3 Å². The summed E-state index contributed by atoms with van der Waals surface area (Å²) in [6, 6.07) is 4.08. The topological polar surface area (TPSA) is 93.5 Å². The Balaban J connectivity index is 2.61. The number of rotatable bonds is 6. The fourth-order valence-electron chi connectivity index (χ4n) is 1.49. The molecule has 0 fully saturated rings. The van der Waals surface area contributed by atoms with E-state index in [0.29, 0.717) is 18.8 Å². The van der Waals surface area contributed by atoms with Gasteiger partial charge in [0.1, 0.15) is 6.04 Å². The molecule has 1 aromatic rings. The van der Waals surface area contributed by atoms with E-state index in [1.54, 1.807) is 32.2 Å². The van der Waals surface area contributed by atoms with Crippen LogP contribution in [-0.2, 0) is 9.53 Å². The average Bonchev–Trinajstić information content (AvgIpc) is 2.41. The number of nitrogens with one attached hydrogen (secondary N) is 2. The third kappa shape index (κ3) is 4.40. The highest BCUT2D eigenvalue weighted by molar-refractivity contribution is 6.36. The van der Waals surface area contributed by atoms with Crippen LogP contribution in [0, 0.1) is 0 Å². The van der Waals surface area contributed by atoms with Gasteiger partial charge in [-0.3, -0.25) is 9.59 Å². The first kappa shape index (κ1) is 16.3. The van der Waals surface area contributed by atoms with Crippen molar-refractivity contribution in [1.29, 1.82) is 0 Å². The molecular formula is C13H18ClN3O3. The first-order valence-electron chi connectivity index (χ1n) is 6.09. The monoisotopic (exact) mass is 299 g/mol. The van der Waals surface area contributed by atoms with Crippen molar-refractivity contribution in [2.75, 3.05) is 26.0 Å². The molecule has 1 unspecified atom stereocenters. The largest absolute Gasteiger partial charge is 0.398 e. The van der Waals surface area contributed by atoms with Gasteiger partial charge in [-0.25, -0.2) is 0 Å². The molecule has 4 N–H and O–H groups in total. The van der Waals surface area contributed by atoms with Crippen molar-refractivity contribution in [3.63, 3.8) is 0 Å². The van der Waals surface area contributed by atoms with Crippen molar-refractivity contribution in [2.45, 2.75) is 13.0 Å². The van der Waals surface area contributed by atoms with Gasteiger partial charge >= 0.3 is 0 Å². The zero-order chi connectivity index (χ0) is 15.1. The number of hydrogen-bond donors (Lipinski definition) is 3. The Morgan fingerprint density at radius 2 is 2.15 bits per heavy atom. The van der Waals surface area contributed by atoms with Crippen molar-refractivity contribution >= 4 is 29.1 Å². The Morgan fingerprint density at radius 1 is 1.45 bits per heavy atom. The van der Waals surface area contributed by atoms with Gasteiger partial charge in [-0.1, -0.05) is 17.7 Å². The fraction of sp³-hybridized carbons (Fsp3) is 0.385. The number of nitrogens with two attached hydrogens (primary N) is 1. The summed E-state index contributed by atoms with van der Waals surface area (Å²) in [7, 11) is 1.54. The maximum atomic E-state index is 12.0. The van der Waals surface area contributed by atoms with Crippen LogP contribution in [0.1, 0.15) is 17.3 Å². The predicted molar refractivity (Wildman–Crippen MR) is 77.7 cm³/mol. The SMILES string of the molecule is COCCNC(=O)C(C)NC(=O)c1cccc(N)c1Cl. The average molecular weight is 300 g/mol. The lowest BCUT2D eigenvalue weighted by atomic mass is 10.1. The van der Waals surface area contributed by atoms with Crippen LogP contribution in [0.15, 0.2) is 18.2 Å². The molecule has 110 valence electrons. The summed E-state index contributed by atoms with van der Waals surface area (Å²) in [5.74, 6) is -0.743. The lowest BCUT2D eigenvalue weighted by Crippen LogP contribution is -2.45. The molecule has 1 aromatic carbocycles. The van der Waals surface area contributed by atoms with E-state index in [1.165, 1.54) is 0 Å². The van der Waals surface area contributed by atoms with E-state index in [-0.39, 0.29) is 16.5 Å². The molecule has 0 aliphatic carbocycles. The Hall–Kier alpha value is -1.79. The van der Waals surface area contributed by atoms with Gasteiger partial charge in [0.05, 0.1) is 22.9 Å². The maximum Gasteiger partial charge on any atom is 0.253 e. The number of ether oxygens (including phenoxy) is 1. The summed E-state index contributed by atoms with van der Waals surface area (Å²) in [5.41, 5.74) is 6.18. The molecule has 20 heavy (non-hydrogen) atoms. The van der Waals surface area contributed by atoms with Crippen LogP contribution < -0.4 is 16.4 Å². The van der Waals surface area contributed by atoms with Crippen LogP contribution in [-0.4, -0.2) is 38.1 Å². The standard InChI is InChI=1S/C13H18ClN3O3/c1-8(12(18)16-6-7-20-2)17-13(19)9-4-3-5-10(15)11(9)14/h3-5,8H,6-7,15H2,1-2H3,(H,16,18)(H,17,19). The molecular weight excluding hydrogens is 282 g/mol. The Morgan fingerprint density at radius 3 is 2.80 bits per heavy atom. The number of hydrogen-bond acceptors (Lipinski definition) is 4. The minimum atomic E-state index is -0.683. The molecule has 0 aliphatic heterocycles. The van der Waals surface area contributed by atoms with Crippen molar-refractivity contribution in [2.24, 2.45) is 0 Å². The highest BCUT2D eigenvalue weighted by Crippen LogP contribution is 2.22. The van der Waals surface area contributed by atoms with Gasteiger partial charge in [-0.05, 0) is 19.1 Å². The van der Waals surface area contributed by atoms with Gasteiger partial charge in [0.2, 0.25) is 5.91 Å². The number of carbonyl (C=O) groups excluding carboxylic acids is 2. The van der Waals surface area contributed by atoms with E-state index in [4.69, 9.17) is 22.1 Å². The van der Waals surface area contributed by atoms with Gasteiger partial charge in [-0.15, -0.1) is 0 Å². The second-order valence-corrected chi connectivity index (χ2v) is 4.57. The predicted octanol–water partition coefficient (Wildman–Crippen LogP) is 0.803. The zero-order valence-electron chi connectivity index (χ0n) is 11.4. The summed E-state index contributed by atoms with van der Waals surface area (Å²) in [6.07, 6.45) is 0. The third-order valence-electron chi connectivity index (χ3n) is 2.62. The number of amides is 2. The second kappa shape index (κ2) is 7.72. The van der Waals surface area contributed by atoms with Crippen molar-refractivity contribution in [1.82, 2.24) is 10.6 Å². The molecule has 0 saturated carbocycles. The van der Waals surface area contributed by atoms with Crippen molar-refractivity contribution in [3.8, 4) is 0 Å². The van der Waals surface area contributed by atoms with E-state index in [0.717, 1.165) is 0 Å². The van der Waals surface area contributed by atoms with Crippen LogP contribution in [0.3, 0.4) is 0 Å². The van der Waals surface area contributed by atoms with Gasteiger partial charge in [0.15, 0.2) is 0 Å². The smallest absolute Gasteiger partial charge is 0.253 e. The lowest BCUT2D eigenvalue weighted by molar-refractivity contribution is -0.122. The molecule has 1 rings (SSSR count). The van der Waals surface area contributed by atoms with Gasteiger partial charge in [-0.2, -0.15) is 0 Å². The van der Waals surface area contributed by atoms with Gasteiger partial charge < -0.3 is 21.1 Å². The highest BCUT2D eigenvalue weighted by atomic mass is 35.5. The summed E-state index contributed by atoms with van der Waals surface area (Å²) in [4.78, 5) is 23.7. The Kier molecular flexibility index (Phi) is 6.27. The maximum absolute atomic E-state index is 12.0. The minimum absolute atomic E-state index is 0.178. The molecule has 0 radical (unpaired) electrons. The number of carbonyl (C=O) groups is 2. The fourth-order valence-corrected chi connectivity index (χ4v) is 1.71. The van der Waals surface area contributed by atoms with E-state index in [9.17, 15) is 9.59 Å². The molecule has 7 heteroatoms. The number of methoxy groups -OCH3 is 1. The molecule has 0 aromatic heterocycles. The number of nitrogen functional groups attached to an aromatic ring is 1. The normalized spacial score (nSPS) is 11.8. The first-order chi connectivity index (χ1) is 9.47. The number of benzene rings is 1.